The summed E-state index contributed by atoms with van der Waals surface area (Å²) in [4.78, 5) is 0. The van der Waals surface area contributed by atoms with Crippen LogP contribution in [0.3, 0.4) is 0 Å². The van der Waals surface area contributed by atoms with Crippen molar-refractivity contribution in [3.63, 3.8) is 0 Å². The monoisotopic (exact) mass is 285 g/mol. The van der Waals surface area contributed by atoms with Crippen LogP contribution in [0.1, 0.15) is 37.9 Å². The largest absolute Gasteiger partial charge is 1.00 e. The minimum atomic E-state index is -3.40. The SMILES string of the molecule is FC(F)(Cl)c1cc([NH2+]C2CCCCC2)co1.[Cl-]. The molecule has 1 aromatic rings. The van der Waals surface area contributed by atoms with Crippen LogP contribution < -0.4 is 17.7 Å². The molecular formula is C11H15Cl2F2NO. The van der Waals surface area contributed by atoms with E-state index in [1.165, 1.54) is 31.6 Å². The lowest BCUT2D eigenvalue weighted by Crippen LogP contribution is -3.00. The number of rotatable bonds is 3. The van der Waals surface area contributed by atoms with Gasteiger partial charge in [-0.2, -0.15) is 8.78 Å². The van der Waals surface area contributed by atoms with Gasteiger partial charge in [-0.3, -0.25) is 0 Å². The van der Waals surface area contributed by atoms with Gasteiger partial charge in [0.2, 0.25) is 0 Å². The third kappa shape index (κ3) is 4.12. The fraction of sp³-hybridized carbons (Fsp3) is 0.636. The highest BCUT2D eigenvalue weighted by molar-refractivity contribution is 6.21. The summed E-state index contributed by atoms with van der Waals surface area (Å²) < 4.78 is 30.2. The molecule has 1 saturated carbocycles. The molecule has 0 aliphatic heterocycles. The maximum Gasteiger partial charge on any atom is 0.380 e. The number of hydrogen-bond acceptors (Lipinski definition) is 1. The highest BCUT2D eigenvalue weighted by Gasteiger charge is 2.33. The molecule has 1 aliphatic rings. The van der Waals surface area contributed by atoms with Gasteiger partial charge in [0.05, 0.1) is 6.04 Å². The van der Waals surface area contributed by atoms with Gasteiger partial charge in [0.25, 0.3) is 0 Å². The molecule has 2 N–H and O–H groups in total. The molecular weight excluding hydrogens is 271 g/mol. The maximum atomic E-state index is 12.7. The zero-order chi connectivity index (χ0) is 11.6. The van der Waals surface area contributed by atoms with Gasteiger partial charge in [0.15, 0.2) is 17.7 Å². The maximum absolute atomic E-state index is 12.7. The van der Waals surface area contributed by atoms with E-state index in [-0.39, 0.29) is 12.4 Å². The van der Waals surface area contributed by atoms with Gasteiger partial charge < -0.3 is 22.1 Å². The van der Waals surface area contributed by atoms with Crippen molar-refractivity contribution < 1.29 is 30.9 Å². The first-order valence-corrected chi connectivity index (χ1v) is 5.94. The lowest BCUT2D eigenvalue weighted by Gasteiger charge is -2.18. The van der Waals surface area contributed by atoms with Gasteiger partial charge in [-0.25, -0.2) is 0 Å². The van der Waals surface area contributed by atoms with Crippen molar-refractivity contribution >= 4 is 17.3 Å². The second kappa shape index (κ2) is 6.03. The summed E-state index contributed by atoms with van der Waals surface area (Å²) in [7, 11) is 0. The predicted molar refractivity (Wildman–Crippen MR) is 56.9 cm³/mol. The summed E-state index contributed by atoms with van der Waals surface area (Å²) in [6.45, 7) is 0. The van der Waals surface area contributed by atoms with E-state index in [1.807, 2.05) is 5.32 Å². The van der Waals surface area contributed by atoms with Gasteiger partial charge in [0, 0.05) is 6.07 Å². The molecule has 98 valence electrons. The number of halogens is 4. The second-order valence-corrected chi connectivity index (χ2v) is 4.78. The highest BCUT2D eigenvalue weighted by Crippen LogP contribution is 2.33. The first-order chi connectivity index (χ1) is 7.55. The van der Waals surface area contributed by atoms with E-state index < -0.39 is 11.1 Å². The van der Waals surface area contributed by atoms with Crippen molar-refractivity contribution in [2.45, 2.75) is 43.5 Å². The van der Waals surface area contributed by atoms with Crippen LogP contribution in [0.5, 0.6) is 0 Å². The normalized spacial score (nSPS) is 17.8. The summed E-state index contributed by atoms with van der Waals surface area (Å²) in [5.41, 5.74) is 0.710. The Kier molecular flexibility index (Phi) is 5.22. The van der Waals surface area contributed by atoms with Crippen molar-refractivity contribution in [3.05, 3.63) is 18.1 Å². The standard InChI is InChI=1S/C11H14ClF2NO.ClH/c12-11(13,14)10-6-9(7-16-10)15-8-4-2-1-3-5-8;/h6-8,15H,1-5H2;1H. The third-order valence-electron chi connectivity index (χ3n) is 2.98. The van der Waals surface area contributed by atoms with E-state index in [9.17, 15) is 8.78 Å². The molecule has 2 nitrogen and oxygen atoms in total. The Morgan fingerprint density at radius 2 is 1.94 bits per heavy atom. The van der Waals surface area contributed by atoms with E-state index in [4.69, 9.17) is 16.0 Å². The molecule has 1 fully saturated rings. The van der Waals surface area contributed by atoms with Crippen LogP contribution in [-0.2, 0) is 5.38 Å². The lowest BCUT2D eigenvalue weighted by molar-refractivity contribution is -0.614. The molecule has 17 heavy (non-hydrogen) atoms. The average Bonchev–Trinajstić information content (AvgIpc) is 2.67. The fourth-order valence-electron chi connectivity index (χ4n) is 2.16. The Bertz CT molecular complexity index is 345. The van der Waals surface area contributed by atoms with Gasteiger partial charge in [0.1, 0.15) is 0 Å². The molecule has 1 heterocycles. The van der Waals surface area contributed by atoms with Crippen LogP contribution in [0, 0.1) is 0 Å². The summed E-state index contributed by atoms with van der Waals surface area (Å²) in [6.07, 6.45) is 7.34. The summed E-state index contributed by atoms with van der Waals surface area (Å²) in [6, 6.07) is 1.81. The summed E-state index contributed by atoms with van der Waals surface area (Å²) in [5, 5.41) is -1.40. The predicted octanol–water partition coefficient (Wildman–Crippen LogP) is 0.0993. The molecule has 0 aromatic carbocycles. The van der Waals surface area contributed by atoms with E-state index in [0.717, 1.165) is 12.8 Å². The number of nitrogens with two attached hydrogens (primary N) is 1. The Balaban J connectivity index is 0.00000144. The van der Waals surface area contributed by atoms with E-state index in [1.54, 1.807) is 0 Å². The number of alkyl halides is 3. The molecule has 0 radical (unpaired) electrons. The number of furan rings is 1. The van der Waals surface area contributed by atoms with E-state index in [0.29, 0.717) is 11.7 Å². The smallest absolute Gasteiger partial charge is 0.380 e. The minimum Gasteiger partial charge on any atom is -1.00 e. The van der Waals surface area contributed by atoms with E-state index in [2.05, 4.69) is 0 Å². The number of quaternary nitrogens is 1. The third-order valence-corrected chi connectivity index (χ3v) is 3.16. The van der Waals surface area contributed by atoms with Crippen molar-refractivity contribution in [1.82, 2.24) is 0 Å². The quantitative estimate of drug-likeness (QED) is 0.785. The molecule has 6 heteroatoms. The van der Waals surface area contributed by atoms with Crippen LogP contribution >= 0.6 is 11.6 Å². The molecule has 0 spiro atoms. The van der Waals surface area contributed by atoms with Crippen molar-refractivity contribution in [2.75, 3.05) is 0 Å². The average molecular weight is 286 g/mol. The molecule has 0 unspecified atom stereocenters. The Morgan fingerprint density at radius 1 is 1.29 bits per heavy atom. The van der Waals surface area contributed by atoms with E-state index >= 15 is 0 Å². The van der Waals surface area contributed by atoms with Crippen LogP contribution in [0.4, 0.5) is 14.5 Å². The molecule has 0 bridgehead atoms. The Hall–Kier alpha value is -0.320. The van der Waals surface area contributed by atoms with Gasteiger partial charge in [-0.1, -0.05) is 6.42 Å². The zero-order valence-corrected chi connectivity index (χ0v) is 10.8. The first kappa shape index (κ1) is 14.7. The van der Waals surface area contributed by atoms with Crippen molar-refractivity contribution in [2.24, 2.45) is 0 Å². The van der Waals surface area contributed by atoms with Gasteiger partial charge in [-0.15, -0.1) is 0 Å². The van der Waals surface area contributed by atoms with Crippen LogP contribution in [0.15, 0.2) is 16.7 Å². The highest BCUT2D eigenvalue weighted by atomic mass is 35.5. The molecule has 2 rings (SSSR count). The summed E-state index contributed by atoms with van der Waals surface area (Å²) in [5.74, 6) is -0.476. The topological polar surface area (TPSA) is 29.8 Å². The van der Waals surface area contributed by atoms with Crippen LogP contribution in [0.25, 0.3) is 0 Å². The van der Waals surface area contributed by atoms with Crippen molar-refractivity contribution in [3.8, 4) is 0 Å². The van der Waals surface area contributed by atoms with Gasteiger partial charge in [-0.05, 0) is 37.3 Å². The first-order valence-electron chi connectivity index (χ1n) is 5.56. The fourth-order valence-corrected chi connectivity index (χ4v) is 2.26. The molecule has 0 saturated heterocycles. The molecule has 0 atom stereocenters. The van der Waals surface area contributed by atoms with Crippen LogP contribution in [0.2, 0.25) is 0 Å². The number of hydrogen-bond donors (Lipinski definition) is 1. The molecule has 0 amide bonds. The van der Waals surface area contributed by atoms with Crippen LogP contribution in [-0.4, -0.2) is 6.04 Å². The lowest BCUT2D eigenvalue weighted by atomic mass is 9.95. The zero-order valence-electron chi connectivity index (χ0n) is 9.27. The van der Waals surface area contributed by atoms with Gasteiger partial charge >= 0.3 is 5.38 Å². The van der Waals surface area contributed by atoms with Crippen molar-refractivity contribution in [1.29, 1.82) is 0 Å². The molecule has 1 aromatic heterocycles. The summed E-state index contributed by atoms with van der Waals surface area (Å²) >= 11 is 4.87. The minimum absolute atomic E-state index is 0. The second-order valence-electron chi connectivity index (χ2n) is 4.31. The Labute approximate surface area is 110 Å². The molecule has 1 aliphatic carbocycles. The Morgan fingerprint density at radius 3 is 2.47 bits per heavy atom.